The van der Waals surface area contributed by atoms with E-state index in [1.807, 2.05) is 37.3 Å². The van der Waals surface area contributed by atoms with E-state index in [1.54, 1.807) is 12.3 Å². The Morgan fingerprint density at radius 1 is 1.36 bits per heavy atom. The number of benzene rings is 1. The van der Waals surface area contributed by atoms with Gasteiger partial charge in [0, 0.05) is 6.07 Å². The predicted molar refractivity (Wildman–Crippen MR) is 86.3 cm³/mol. The Labute approximate surface area is 135 Å². The summed E-state index contributed by atoms with van der Waals surface area (Å²) in [5.41, 5.74) is 2.44. The predicted octanol–water partition coefficient (Wildman–Crippen LogP) is 3.92. The molecule has 3 aromatic rings. The van der Waals surface area contributed by atoms with Gasteiger partial charge in [-0.15, -0.1) is 0 Å². The Bertz CT molecular complexity index is 780. The fraction of sp³-hybridized carbons (Fsp3) is 0.125. The number of furan rings is 1. The summed E-state index contributed by atoms with van der Waals surface area (Å²) in [7, 11) is 0. The lowest BCUT2D eigenvalue weighted by Crippen LogP contribution is -2.26. The van der Waals surface area contributed by atoms with Gasteiger partial charge in [-0.05, 0) is 28.4 Å². The van der Waals surface area contributed by atoms with Gasteiger partial charge in [-0.3, -0.25) is 4.79 Å². The number of imidazole rings is 1. The first kappa shape index (κ1) is 14.6. The average molecular weight is 360 g/mol. The zero-order chi connectivity index (χ0) is 15.5. The van der Waals surface area contributed by atoms with Crippen LogP contribution in [0, 0.1) is 0 Å². The van der Waals surface area contributed by atoms with E-state index in [2.05, 4.69) is 31.2 Å². The van der Waals surface area contributed by atoms with E-state index >= 15 is 0 Å². The van der Waals surface area contributed by atoms with E-state index in [4.69, 9.17) is 4.42 Å². The number of amides is 1. The van der Waals surface area contributed by atoms with Gasteiger partial charge in [-0.1, -0.05) is 30.3 Å². The van der Waals surface area contributed by atoms with Crippen LogP contribution in [-0.2, 0) is 0 Å². The molecular formula is C16H14BrN3O2. The molecule has 0 bridgehead atoms. The van der Waals surface area contributed by atoms with Crippen LogP contribution < -0.4 is 5.32 Å². The Morgan fingerprint density at radius 3 is 2.82 bits per heavy atom. The van der Waals surface area contributed by atoms with Gasteiger partial charge in [-0.25, -0.2) is 4.98 Å². The summed E-state index contributed by atoms with van der Waals surface area (Å²) in [6.45, 7) is 1.88. The molecule has 1 atom stereocenters. The quantitative estimate of drug-likeness (QED) is 0.741. The van der Waals surface area contributed by atoms with Crippen molar-refractivity contribution in [1.29, 1.82) is 0 Å². The van der Waals surface area contributed by atoms with Crippen LogP contribution in [0.2, 0.25) is 0 Å². The van der Waals surface area contributed by atoms with Crippen molar-refractivity contribution in [2.24, 2.45) is 0 Å². The number of carbonyl (C=O) groups excluding carboxylic acids is 1. The fourth-order valence-electron chi connectivity index (χ4n) is 2.10. The topological polar surface area (TPSA) is 70.9 Å². The van der Waals surface area contributed by atoms with Crippen LogP contribution in [0.3, 0.4) is 0 Å². The maximum Gasteiger partial charge on any atom is 0.255 e. The molecule has 5 nitrogen and oxygen atoms in total. The van der Waals surface area contributed by atoms with Crippen molar-refractivity contribution >= 4 is 21.8 Å². The van der Waals surface area contributed by atoms with E-state index in [0.717, 1.165) is 11.3 Å². The first-order valence-corrected chi connectivity index (χ1v) is 7.58. The van der Waals surface area contributed by atoms with E-state index < -0.39 is 0 Å². The van der Waals surface area contributed by atoms with Crippen LogP contribution in [0.4, 0.5) is 0 Å². The minimum absolute atomic E-state index is 0.209. The second-order valence-electron chi connectivity index (χ2n) is 4.88. The van der Waals surface area contributed by atoms with Gasteiger partial charge in [0.25, 0.3) is 5.91 Å². The van der Waals surface area contributed by atoms with E-state index in [-0.39, 0.29) is 11.9 Å². The molecule has 2 heterocycles. The number of nitrogens with one attached hydrogen (secondary N) is 2. The zero-order valence-electron chi connectivity index (χ0n) is 11.8. The van der Waals surface area contributed by atoms with E-state index in [1.165, 1.54) is 6.26 Å². The molecule has 1 aromatic carbocycles. The average Bonchev–Trinajstić information content (AvgIpc) is 3.17. The number of H-pyrrole nitrogens is 1. The number of rotatable bonds is 4. The second kappa shape index (κ2) is 6.19. The van der Waals surface area contributed by atoms with Crippen molar-refractivity contribution in [3.8, 4) is 11.3 Å². The molecule has 0 spiro atoms. The van der Waals surface area contributed by atoms with Crippen molar-refractivity contribution in [2.45, 2.75) is 13.0 Å². The molecule has 6 heteroatoms. The maximum absolute atomic E-state index is 12.1. The summed E-state index contributed by atoms with van der Waals surface area (Å²) in [6.07, 6.45) is 3.17. The summed E-state index contributed by atoms with van der Waals surface area (Å²) in [5.74, 6) is 0.495. The molecule has 0 aliphatic carbocycles. The molecule has 0 aliphatic heterocycles. The third-order valence-corrected chi connectivity index (χ3v) is 3.68. The molecule has 2 N–H and O–H groups in total. The highest BCUT2D eigenvalue weighted by Gasteiger charge is 2.16. The molecule has 3 rings (SSSR count). The number of nitrogens with zero attached hydrogens (tertiary/aromatic N) is 1. The molecule has 0 saturated heterocycles. The molecule has 0 saturated carbocycles. The van der Waals surface area contributed by atoms with Crippen LogP contribution in [0.1, 0.15) is 29.1 Å². The number of halogens is 1. The third-order valence-electron chi connectivity index (χ3n) is 3.27. The van der Waals surface area contributed by atoms with Crippen molar-refractivity contribution in [3.63, 3.8) is 0 Å². The minimum Gasteiger partial charge on any atom is -0.457 e. The minimum atomic E-state index is -0.237. The first-order valence-electron chi connectivity index (χ1n) is 6.78. The lowest BCUT2D eigenvalue weighted by Gasteiger charge is -2.10. The number of carbonyl (C=O) groups is 1. The molecule has 2 aromatic heterocycles. The van der Waals surface area contributed by atoms with Crippen molar-refractivity contribution in [2.75, 3.05) is 0 Å². The van der Waals surface area contributed by atoms with Crippen LogP contribution in [0.15, 0.2) is 57.9 Å². The van der Waals surface area contributed by atoms with Gasteiger partial charge in [0.1, 0.15) is 12.1 Å². The number of hydrogen-bond donors (Lipinski definition) is 2. The fourth-order valence-corrected chi connectivity index (χ4v) is 2.44. The summed E-state index contributed by atoms with van der Waals surface area (Å²) in [5, 5.41) is 2.88. The van der Waals surface area contributed by atoms with Crippen LogP contribution in [0.5, 0.6) is 0 Å². The molecule has 0 fully saturated rings. The zero-order valence-corrected chi connectivity index (χ0v) is 13.4. The second-order valence-corrected chi connectivity index (χ2v) is 5.66. The van der Waals surface area contributed by atoms with Gasteiger partial charge in [-0.2, -0.15) is 0 Å². The molecule has 1 unspecified atom stereocenters. The van der Waals surface area contributed by atoms with Gasteiger partial charge in [0.15, 0.2) is 4.67 Å². The Kier molecular flexibility index (Phi) is 4.11. The van der Waals surface area contributed by atoms with Crippen molar-refractivity contribution in [3.05, 3.63) is 64.9 Å². The summed E-state index contributed by atoms with van der Waals surface area (Å²) in [6, 6.07) is 11.3. The monoisotopic (exact) mass is 359 g/mol. The van der Waals surface area contributed by atoms with Crippen LogP contribution in [-0.4, -0.2) is 15.9 Å². The third kappa shape index (κ3) is 3.12. The molecule has 0 radical (unpaired) electrons. The van der Waals surface area contributed by atoms with Crippen molar-refractivity contribution in [1.82, 2.24) is 15.3 Å². The Hall–Kier alpha value is -2.34. The highest BCUT2D eigenvalue weighted by molar-refractivity contribution is 9.10. The highest BCUT2D eigenvalue weighted by atomic mass is 79.9. The summed E-state index contributed by atoms with van der Waals surface area (Å²) >= 11 is 3.18. The van der Waals surface area contributed by atoms with Gasteiger partial charge < -0.3 is 14.7 Å². The Balaban J connectivity index is 1.72. The van der Waals surface area contributed by atoms with Crippen LogP contribution in [0.25, 0.3) is 11.3 Å². The first-order chi connectivity index (χ1) is 10.6. The summed E-state index contributed by atoms with van der Waals surface area (Å²) < 4.78 is 5.59. The SMILES string of the molecule is CC(NC(=O)c1coc(Br)c1)c1ncc(-c2ccccc2)[nH]1. The number of aromatic amines is 1. The smallest absolute Gasteiger partial charge is 0.255 e. The highest BCUT2D eigenvalue weighted by Crippen LogP contribution is 2.19. The largest absolute Gasteiger partial charge is 0.457 e. The standard InChI is InChI=1S/C16H14BrN3O2/c1-10(19-16(21)12-7-14(17)22-9-12)15-18-8-13(20-15)11-5-3-2-4-6-11/h2-10H,1H3,(H,18,20)(H,19,21). The Morgan fingerprint density at radius 2 is 2.14 bits per heavy atom. The summed E-state index contributed by atoms with van der Waals surface area (Å²) in [4.78, 5) is 19.7. The normalized spacial score (nSPS) is 12.1. The number of aromatic nitrogens is 2. The van der Waals surface area contributed by atoms with E-state index in [0.29, 0.717) is 16.1 Å². The van der Waals surface area contributed by atoms with Crippen LogP contribution >= 0.6 is 15.9 Å². The lowest BCUT2D eigenvalue weighted by atomic mass is 10.2. The molecule has 1 amide bonds. The number of hydrogen-bond acceptors (Lipinski definition) is 3. The molecule has 22 heavy (non-hydrogen) atoms. The van der Waals surface area contributed by atoms with Gasteiger partial charge in [0.05, 0.1) is 23.5 Å². The van der Waals surface area contributed by atoms with E-state index in [9.17, 15) is 4.79 Å². The van der Waals surface area contributed by atoms with Crippen molar-refractivity contribution < 1.29 is 9.21 Å². The maximum atomic E-state index is 12.1. The van der Waals surface area contributed by atoms with Gasteiger partial charge in [0.2, 0.25) is 0 Å². The molecule has 112 valence electrons. The lowest BCUT2D eigenvalue weighted by molar-refractivity contribution is 0.0938. The van der Waals surface area contributed by atoms with Gasteiger partial charge >= 0.3 is 0 Å². The molecular weight excluding hydrogens is 346 g/mol. The molecule has 0 aliphatic rings.